The standard InChI is InChI=1S/C22H24N2O4/c1-11-15(9-25)14-8-18-21-19(22(26)20(24(18)3)16(14)10-28-11)13-6-5-12(27-4)7-17(13)23(21)2/h5-7,9,14,16,18,20H,8,10H2,1-4H3/t14-,16+,18-,20+/m0/s1. The molecule has 0 spiro atoms. The molecule has 0 N–H and O–H groups in total. The molecule has 1 saturated heterocycles. The van der Waals surface area contributed by atoms with E-state index in [2.05, 4.69) is 9.47 Å². The largest absolute Gasteiger partial charge is 0.497 e. The van der Waals surface area contributed by atoms with Crippen LogP contribution in [0.2, 0.25) is 0 Å². The van der Waals surface area contributed by atoms with Gasteiger partial charge in [-0.05, 0) is 32.5 Å². The Morgan fingerprint density at radius 1 is 1.29 bits per heavy atom. The molecule has 0 radical (unpaired) electrons. The summed E-state index contributed by atoms with van der Waals surface area (Å²) in [7, 11) is 5.69. The lowest BCUT2D eigenvalue weighted by Gasteiger charge is -2.52. The van der Waals surface area contributed by atoms with Crippen LogP contribution in [0.5, 0.6) is 5.75 Å². The maximum absolute atomic E-state index is 13.7. The van der Waals surface area contributed by atoms with Crippen molar-refractivity contribution in [3.8, 4) is 5.75 Å². The molecule has 0 unspecified atom stereocenters. The van der Waals surface area contributed by atoms with E-state index in [1.807, 2.05) is 39.2 Å². The quantitative estimate of drug-likeness (QED) is 0.750. The van der Waals surface area contributed by atoms with Gasteiger partial charge >= 0.3 is 0 Å². The molecule has 1 aromatic heterocycles. The van der Waals surface area contributed by atoms with Crippen LogP contribution < -0.4 is 4.74 Å². The third kappa shape index (κ3) is 2.07. The Balaban J connectivity index is 1.74. The molecule has 6 heteroatoms. The number of nitrogens with zero attached hydrogens (tertiary/aromatic N) is 2. The van der Waals surface area contributed by atoms with Crippen molar-refractivity contribution < 1.29 is 19.1 Å². The molecule has 2 bridgehead atoms. The number of rotatable bonds is 2. The first-order chi connectivity index (χ1) is 13.5. The van der Waals surface area contributed by atoms with Gasteiger partial charge in [0, 0.05) is 47.2 Å². The van der Waals surface area contributed by atoms with Gasteiger partial charge < -0.3 is 14.0 Å². The van der Waals surface area contributed by atoms with Crippen molar-refractivity contribution in [3.05, 3.63) is 40.8 Å². The zero-order valence-electron chi connectivity index (χ0n) is 16.6. The van der Waals surface area contributed by atoms with Gasteiger partial charge in [0.2, 0.25) is 0 Å². The maximum atomic E-state index is 13.7. The van der Waals surface area contributed by atoms with Crippen LogP contribution >= 0.6 is 0 Å². The summed E-state index contributed by atoms with van der Waals surface area (Å²) in [4.78, 5) is 27.7. The van der Waals surface area contributed by atoms with Crippen molar-refractivity contribution in [1.82, 2.24) is 9.47 Å². The van der Waals surface area contributed by atoms with Gasteiger partial charge in [-0.2, -0.15) is 0 Å². The molecule has 1 aromatic carbocycles. The van der Waals surface area contributed by atoms with Crippen LogP contribution in [0.3, 0.4) is 0 Å². The van der Waals surface area contributed by atoms with Crippen molar-refractivity contribution in [2.45, 2.75) is 25.4 Å². The molecule has 5 rings (SSSR count). The SMILES string of the molecule is COc1ccc2c3c(n(C)c2c1)[C@@H]1C[C@H]2C(C=O)=C(C)OC[C@H]2[C@H](C3=O)N1C. The summed E-state index contributed by atoms with van der Waals surface area (Å²) in [5, 5.41) is 0.976. The minimum absolute atomic E-state index is 0.000644. The number of fused-ring (bicyclic) bond motifs is 8. The van der Waals surface area contributed by atoms with Gasteiger partial charge in [-0.1, -0.05) is 0 Å². The van der Waals surface area contributed by atoms with E-state index in [1.165, 1.54) is 0 Å². The monoisotopic (exact) mass is 380 g/mol. The molecule has 28 heavy (non-hydrogen) atoms. The number of ether oxygens (including phenoxy) is 2. The number of ketones is 1. The molecule has 0 amide bonds. The van der Waals surface area contributed by atoms with Gasteiger partial charge in [-0.25, -0.2) is 0 Å². The highest BCUT2D eigenvalue weighted by atomic mass is 16.5. The highest BCUT2D eigenvalue weighted by molar-refractivity contribution is 6.13. The Bertz CT molecular complexity index is 1050. The third-order valence-corrected chi connectivity index (χ3v) is 7.04. The maximum Gasteiger partial charge on any atom is 0.182 e. The fraction of sp³-hybridized carbons (Fsp3) is 0.455. The Morgan fingerprint density at radius 3 is 2.79 bits per heavy atom. The number of benzene rings is 1. The number of aryl methyl sites for hydroxylation is 1. The summed E-state index contributed by atoms with van der Waals surface area (Å²) in [6.07, 6.45) is 1.74. The second-order valence-corrected chi connectivity index (χ2v) is 8.14. The Labute approximate surface area is 163 Å². The van der Waals surface area contributed by atoms with Crippen LogP contribution in [0, 0.1) is 11.8 Å². The number of Topliss-reactive ketones (excluding diaryl/α,β-unsaturated/α-hetero) is 1. The van der Waals surface area contributed by atoms with Gasteiger partial charge in [-0.15, -0.1) is 0 Å². The minimum Gasteiger partial charge on any atom is -0.497 e. The number of likely N-dealkylation sites (N-methyl/N-ethyl adjacent to an activating group) is 1. The van der Waals surface area contributed by atoms with E-state index < -0.39 is 0 Å². The van der Waals surface area contributed by atoms with Crippen LogP contribution in [0.25, 0.3) is 10.9 Å². The van der Waals surface area contributed by atoms with Crippen molar-refractivity contribution in [2.75, 3.05) is 20.8 Å². The lowest BCUT2D eigenvalue weighted by Crippen LogP contribution is -2.58. The van der Waals surface area contributed by atoms with Gasteiger partial charge in [0.15, 0.2) is 5.78 Å². The first-order valence-electron chi connectivity index (χ1n) is 9.69. The average Bonchev–Trinajstić information content (AvgIpc) is 2.98. The van der Waals surface area contributed by atoms with Crippen LogP contribution in [-0.4, -0.2) is 48.3 Å². The zero-order chi connectivity index (χ0) is 19.7. The topological polar surface area (TPSA) is 60.8 Å². The van der Waals surface area contributed by atoms with Gasteiger partial charge in [0.25, 0.3) is 0 Å². The fourth-order valence-corrected chi connectivity index (χ4v) is 5.64. The molecular weight excluding hydrogens is 356 g/mol. The van der Waals surface area contributed by atoms with E-state index in [9.17, 15) is 9.59 Å². The normalized spacial score (nSPS) is 29.4. The minimum atomic E-state index is -0.271. The van der Waals surface area contributed by atoms with Crippen LogP contribution in [-0.2, 0) is 16.6 Å². The summed E-state index contributed by atoms with van der Waals surface area (Å²) in [6.45, 7) is 2.33. The summed E-state index contributed by atoms with van der Waals surface area (Å²) in [6, 6.07) is 5.70. The van der Waals surface area contributed by atoms with Crippen LogP contribution in [0.4, 0.5) is 0 Å². The first kappa shape index (κ1) is 17.5. The Hall–Kier alpha value is -2.60. The lowest BCUT2D eigenvalue weighted by molar-refractivity contribution is -0.107. The van der Waals surface area contributed by atoms with Crippen molar-refractivity contribution in [2.24, 2.45) is 18.9 Å². The van der Waals surface area contributed by atoms with E-state index >= 15 is 0 Å². The van der Waals surface area contributed by atoms with E-state index in [1.54, 1.807) is 7.11 Å². The molecule has 2 aromatic rings. The molecule has 4 atom stereocenters. The van der Waals surface area contributed by atoms with Gasteiger partial charge in [-0.3, -0.25) is 14.5 Å². The summed E-state index contributed by atoms with van der Waals surface area (Å²) in [5.74, 6) is 1.67. The number of hydrogen-bond donors (Lipinski definition) is 0. The second-order valence-electron chi connectivity index (χ2n) is 8.14. The molecular formula is C22H24N2O4. The summed E-state index contributed by atoms with van der Waals surface area (Å²) in [5.41, 5.74) is 3.58. The molecule has 4 heterocycles. The van der Waals surface area contributed by atoms with Crippen LogP contribution in [0.15, 0.2) is 29.5 Å². The molecule has 0 saturated carbocycles. The highest BCUT2D eigenvalue weighted by Gasteiger charge is 2.53. The molecule has 6 nitrogen and oxygen atoms in total. The second kappa shape index (κ2) is 5.95. The zero-order valence-corrected chi connectivity index (χ0v) is 16.6. The number of piperidine rings is 1. The van der Waals surface area contributed by atoms with Crippen LogP contribution in [0.1, 0.15) is 35.4 Å². The van der Waals surface area contributed by atoms with E-state index in [-0.39, 0.29) is 29.7 Å². The van der Waals surface area contributed by atoms with Crippen molar-refractivity contribution in [1.29, 1.82) is 0 Å². The number of carbonyl (C=O) groups excluding carboxylic acids is 2. The Kier molecular flexibility index (Phi) is 3.72. The van der Waals surface area contributed by atoms with Crippen molar-refractivity contribution >= 4 is 23.0 Å². The molecule has 1 fully saturated rings. The van der Waals surface area contributed by atoms with E-state index in [0.29, 0.717) is 12.4 Å². The molecule has 3 aliphatic rings. The third-order valence-electron chi connectivity index (χ3n) is 7.04. The predicted octanol–water partition coefficient (Wildman–Crippen LogP) is 2.86. The number of hydrogen-bond acceptors (Lipinski definition) is 5. The lowest BCUT2D eigenvalue weighted by atomic mass is 9.67. The number of allylic oxidation sites excluding steroid dienone is 2. The van der Waals surface area contributed by atoms with E-state index in [0.717, 1.165) is 46.2 Å². The predicted molar refractivity (Wildman–Crippen MR) is 104 cm³/mol. The number of aromatic nitrogens is 1. The number of carbonyl (C=O) groups is 2. The number of aldehydes is 1. The molecule has 146 valence electrons. The number of methoxy groups -OCH3 is 1. The smallest absolute Gasteiger partial charge is 0.182 e. The van der Waals surface area contributed by atoms with Crippen molar-refractivity contribution in [3.63, 3.8) is 0 Å². The molecule has 0 aliphatic carbocycles. The van der Waals surface area contributed by atoms with Gasteiger partial charge in [0.05, 0.1) is 37.1 Å². The van der Waals surface area contributed by atoms with Gasteiger partial charge in [0.1, 0.15) is 12.0 Å². The summed E-state index contributed by atoms with van der Waals surface area (Å²) >= 11 is 0. The average molecular weight is 380 g/mol. The molecule has 3 aliphatic heterocycles. The summed E-state index contributed by atoms with van der Waals surface area (Å²) < 4.78 is 13.3. The first-order valence-corrected chi connectivity index (χ1v) is 9.69. The highest BCUT2D eigenvalue weighted by Crippen LogP contribution is 2.51. The van der Waals surface area contributed by atoms with E-state index in [4.69, 9.17) is 9.47 Å². The fourth-order valence-electron chi connectivity index (χ4n) is 5.64. The Morgan fingerprint density at radius 2 is 2.07 bits per heavy atom.